The van der Waals surface area contributed by atoms with E-state index in [0.717, 1.165) is 5.56 Å². The molecule has 2 N–H and O–H groups in total. The normalized spacial score (nSPS) is 11.9. The van der Waals surface area contributed by atoms with Gasteiger partial charge in [-0.25, -0.2) is 0 Å². The van der Waals surface area contributed by atoms with Crippen LogP contribution in [-0.4, -0.2) is 31.6 Å². The molecule has 0 spiro atoms. The number of aliphatic carboxylic acids is 1. The molecule has 1 aromatic heterocycles. The van der Waals surface area contributed by atoms with Crippen molar-refractivity contribution in [3.8, 4) is 0 Å². The van der Waals surface area contributed by atoms with Crippen LogP contribution in [0.3, 0.4) is 0 Å². The monoisotopic (exact) mass is 346 g/mol. The molecular weight excluding hydrogens is 324 g/mol. The number of hydrogen-bond donors (Lipinski definition) is 2. The number of carbonyl (C=O) groups is 1. The highest BCUT2D eigenvalue weighted by atomic mass is 16.6. The van der Waals surface area contributed by atoms with Crippen molar-refractivity contribution in [3.05, 3.63) is 51.8 Å². The van der Waals surface area contributed by atoms with Gasteiger partial charge in [-0.15, -0.1) is 0 Å². The summed E-state index contributed by atoms with van der Waals surface area (Å²) in [5.41, 5.74) is 1.03. The second kappa shape index (κ2) is 8.27. The van der Waals surface area contributed by atoms with E-state index in [2.05, 4.69) is 10.3 Å². The fraction of sp³-hybridized carbons (Fsp3) is 0.412. The van der Waals surface area contributed by atoms with E-state index in [1.165, 1.54) is 0 Å². The van der Waals surface area contributed by atoms with Crippen LogP contribution in [0.15, 0.2) is 30.3 Å². The summed E-state index contributed by atoms with van der Waals surface area (Å²) in [6.07, 6.45) is 0.909. The van der Waals surface area contributed by atoms with Gasteiger partial charge in [0.2, 0.25) is 11.6 Å². The number of anilines is 1. The van der Waals surface area contributed by atoms with E-state index >= 15 is 0 Å². The molecule has 1 aromatic carbocycles. The maximum absolute atomic E-state index is 11.3. The van der Waals surface area contributed by atoms with Gasteiger partial charge >= 0.3 is 11.8 Å². The lowest BCUT2D eigenvalue weighted by Gasteiger charge is -2.19. The fourth-order valence-electron chi connectivity index (χ4n) is 2.82. The number of hydrogen-bond acceptors (Lipinski definition) is 5. The van der Waals surface area contributed by atoms with Crippen LogP contribution < -0.4 is 5.32 Å². The minimum absolute atomic E-state index is 0.0163. The highest BCUT2D eigenvalue weighted by molar-refractivity contribution is 5.66. The quantitative estimate of drug-likeness (QED) is 0.533. The molecule has 0 saturated heterocycles. The molecule has 0 radical (unpaired) electrons. The minimum Gasteiger partial charge on any atom is -0.481 e. The van der Waals surface area contributed by atoms with Gasteiger partial charge in [-0.2, -0.15) is 0 Å². The average Bonchev–Trinajstić information content (AvgIpc) is 2.89. The first-order valence-corrected chi connectivity index (χ1v) is 8.16. The van der Waals surface area contributed by atoms with Crippen molar-refractivity contribution >= 4 is 17.6 Å². The summed E-state index contributed by atoms with van der Waals surface area (Å²) in [5.74, 6) is -0.244. The highest BCUT2D eigenvalue weighted by Crippen LogP contribution is 2.27. The number of nitrogens with one attached hydrogen (secondary N) is 1. The highest BCUT2D eigenvalue weighted by Gasteiger charge is 2.27. The van der Waals surface area contributed by atoms with E-state index in [-0.39, 0.29) is 18.3 Å². The van der Waals surface area contributed by atoms with Crippen LogP contribution in [0.2, 0.25) is 0 Å². The van der Waals surface area contributed by atoms with Gasteiger partial charge in [-0.3, -0.25) is 9.36 Å². The Bertz CT molecular complexity index is 743. The lowest BCUT2D eigenvalue weighted by Crippen LogP contribution is -2.25. The van der Waals surface area contributed by atoms with Gasteiger partial charge in [-0.05, 0) is 35.2 Å². The van der Waals surface area contributed by atoms with E-state index in [0.29, 0.717) is 31.0 Å². The first-order chi connectivity index (χ1) is 11.9. The standard InChI is InChI=1S/C17H22N4O4/c1-3-20-12(2)18-17(21(24)25)16(20)19-14(9-10-15(22)23)11-13-7-5-4-6-8-13/h4-8,14,19H,3,9-11H2,1-2H3,(H,22,23). The van der Waals surface area contributed by atoms with Crippen molar-refractivity contribution in [2.24, 2.45) is 0 Å². The number of aryl methyl sites for hydroxylation is 1. The van der Waals surface area contributed by atoms with Crippen LogP contribution in [0.25, 0.3) is 0 Å². The Kier molecular flexibility index (Phi) is 6.10. The summed E-state index contributed by atoms with van der Waals surface area (Å²) < 4.78 is 1.73. The molecule has 0 fully saturated rings. The lowest BCUT2D eigenvalue weighted by atomic mass is 10.0. The van der Waals surface area contributed by atoms with Crippen molar-refractivity contribution in [2.45, 2.75) is 45.7 Å². The molecule has 1 heterocycles. The number of carboxylic acids is 1. The summed E-state index contributed by atoms with van der Waals surface area (Å²) in [5, 5.41) is 23.5. The van der Waals surface area contributed by atoms with Crippen molar-refractivity contribution in [3.63, 3.8) is 0 Å². The molecule has 25 heavy (non-hydrogen) atoms. The second-order valence-corrected chi connectivity index (χ2v) is 5.80. The number of aromatic nitrogens is 2. The average molecular weight is 346 g/mol. The molecule has 1 unspecified atom stereocenters. The Hall–Kier alpha value is -2.90. The molecule has 0 aliphatic rings. The largest absolute Gasteiger partial charge is 0.481 e. The molecule has 0 aliphatic heterocycles. The molecule has 2 aromatic rings. The minimum atomic E-state index is -0.894. The van der Waals surface area contributed by atoms with Crippen LogP contribution in [0.4, 0.5) is 11.6 Å². The predicted octanol–water partition coefficient (Wildman–Crippen LogP) is 3.01. The van der Waals surface area contributed by atoms with Gasteiger partial charge in [0, 0.05) is 25.9 Å². The maximum atomic E-state index is 11.3. The molecule has 0 aliphatic carbocycles. The predicted molar refractivity (Wildman–Crippen MR) is 93.7 cm³/mol. The third-order valence-corrected chi connectivity index (χ3v) is 4.00. The van der Waals surface area contributed by atoms with Crippen LogP contribution in [0, 0.1) is 17.0 Å². The van der Waals surface area contributed by atoms with Crippen molar-refractivity contribution in [2.75, 3.05) is 5.32 Å². The van der Waals surface area contributed by atoms with Crippen LogP contribution in [-0.2, 0) is 17.8 Å². The van der Waals surface area contributed by atoms with Gasteiger partial charge in [0.25, 0.3) is 0 Å². The number of imidazole rings is 1. The number of nitro groups is 1. The van der Waals surface area contributed by atoms with E-state index in [1.807, 2.05) is 37.3 Å². The lowest BCUT2D eigenvalue weighted by molar-refractivity contribution is -0.388. The zero-order valence-corrected chi connectivity index (χ0v) is 14.3. The molecule has 2 rings (SSSR count). The van der Waals surface area contributed by atoms with E-state index < -0.39 is 10.9 Å². The summed E-state index contributed by atoms with van der Waals surface area (Å²) in [6.45, 7) is 4.13. The molecular formula is C17H22N4O4. The van der Waals surface area contributed by atoms with Crippen molar-refractivity contribution in [1.82, 2.24) is 9.55 Å². The Balaban J connectivity index is 2.29. The first kappa shape index (κ1) is 18.4. The fourth-order valence-corrected chi connectivity index (χ4v) is 2.82. The summed E-state index contributed by atoms with van der Waals surface area (Å²) in [6, 6.07) is 9.37. The van der Waals surface area contributed by atoms with Gasteiger partial charge in [0.15, 0.2) is 0 Å². The smallest absolute Gasteiger partial charge is 0.406 e. The third kappa shape index (κ3) is 4.79. The summed E-state index contributed by atoms with van der Waals surface area (Å²) >= 11 is 0. The number of benzene rings is 1. The Labute approximate surface area is 145 Å². The second-order valence-electron chi connectivity index (χ2n) is 5.80. The van der Waals surface area contributed by atoms with Crippen LogP contribution in [0.5, 0.6) is 0 Å². The summed E-state index contributed by atoms with van der Waals surface area (Å²) in [7, 11) is 0. The van der Waals surface area contributed by atoms with Gasteiger partial charge in [-0.1, -0.05) is 30.3 Å². The molecule has 1 atom stereocenters. The molecule has 8 nitrogen and oxygen atoms in total. The number of rotatable bonds is 9. The molecule has 0 amide bonds. The SMILES string of the molecule is CCn1c(C)nc([N+](=O)[O-])c1NC(CCC(=O)O)Cc1ccccc1. The zero-order chi connectivity index (χ0) is 18.4. The van der Waals surface area contributed by atoms with Gasteiger partial charge in [0.05, 0.1) is 0 Å². The van der Waals surface area contributed by atoms with Crippen LogP contribution >= 0.6 is 0 Å². The van der Waals surface area contributed by atoms with Crippen molar-refractivity contribution < 1.29 is 14.8 Å². The first-order valence-electron chi connectivity index (χ1n) is 8.16. The zero-order valence-electron chi connectivity index (χ0n) is 14.3. The topological polar surface area (TPSA) is 110 Å². The van der Waals surface area contributed by atoms with E-state index in [4.69, 9.17) is 5.11 Å². The van der Waals surface area contributed by atoms with Crippen molar-refractivity contribution in [1.29, 1.82) is 0 Å². The van der Waals surface area contributed by atoms with Gasteiger partial charge < -0.3 is 20.5 Å². The number of nitrogens with zero attached hydrogens (tertiary/aromatic N) is 3. The summed E-state index contributed by atoms with van der Waals surface area (Å²) in [4.78, 5) is 25.8. The Morgan fingerprint density at radius 1 is 1.40 bits per heavy atom. The Morgan fingerprint density at radius 3 is 2.64 bits per heavy atom. The molecule has 0 saturated carbocycles. The van der Waals surface area contributed by atoms with E-state index in [9.17, 15) is 14.9 Å². The Morgan fingerprint density at radius 2 is 2.08 bits per heavy atom. The van der Waals surface area contributed by atoms with Gasteiger partial charge in [0.1, 0.15) is 0 Å². The molecule has 134 valence electrons. The third-order valence-electron chi connectivity index (χ3n) is 4.00. The maximum Gasteiger partial charge on any atom is 0.406 e. The molecule has 8 heteroatoms. The molecule has 0 bridgehead atoms. The van der Waals surface area contributed by atoms with Crippen LogP contribution in [0.1, 0.15) is 31.2 Å². The van der Waals surface area contributed by atoms with E-state index in [1.54, 1.807) is 11.5 Å². The number of carboxylic acid groups (broad SMARTS) is 1.